The van der Waals surface area contributed by atoms with Crippen LogP contribution in [0.4, 0.5) is 0 Å². The number of primary sulfonamides is 1. The minimum Gasteiger partial charge on any atom is -0.436 e. The van der Waals surface area contributed by atoms with E-state index < -0.39 is 15.6 Å². The van der Waals surface area contributed by atoms with Crippen molar-refractivity contribution in [2.75, 3.05) is 19.8 Å². The molecule has 1 aliphatic heterocycles. The van der Waals surface area contributed by atoms with Crippen LogP contribution >= 0.6 is 11.3 Å². The molecule has 1 aliphatic rings. The summed E-state index contributed by atoms with van der Waals surface area (Å²) in [6.07, 6.45) is 4.62. The van der Waals surface area contributed by atoms with Gasteiger partial charge >= 0.3 is 0 Å². The molecule has 1 saturated heterocycles. The van der Waals surface area contributed by atoms with E-state index in [1.54, 1.807) is 24.3 Å². The first-order chi connectivity index (χ1) is 18.3. The molecule has 0 radical (unpaired) electrons. The van der Waals surface area contributed by atoms with Crippen LogP contribution in [0.2, 0.25) is 0 Å². The van der Waals surface area contributed by atoms with E-state index in [2.05, 4.69) is 9.97 Å². The number of nitrogens with zero attached hydrogens (tertiary/aromatic N) is 2. The highest BCUT2D eigenvalue weighted by molar-refractivity contribution is 7.89. The first-order valence-corrected chi connectivity index (χ1v) is 14.4. The summed E-state index contributed by atoms with van der Waals surface area (Å²) in [6.45, 7) is 1.69. The van der Waals surface area contributed by atoms with Gasteiger partial charge in [-0.3, -0.25) is 0 Å². The van der Waals surface area contributed by atoms with E-state index in [1.807, 2.05) is 35.7 Å². The Morgan fingerprint density at radius 1 is 1.05 bits per heavy atom. The van der Waals surface area contributed by atoms with Crippen molar-refractivity contribution in [3.63, 3.8) is 0 Å². The fourth-order valence-electron chi connectivity index (χ4n) is 4.08. The van der Waals surface area contributed by atoms with Gasteiger partial charge in [-0.25, -0.2) is 23.5 Å². The van der Waals surface area contributed by atoms with Crippen molar-refractivity contribution in [3.8, 4) is 22.6 Å². The predicted molar refractivity (Wildman–Crippen MR) is 144 cm³/mol. The van der Waals surface area contributed by atoms with Gasteiger partial charge in [0.2, 0.25) is 15.9 Å². The fourth-order valence-corrected chi connectivity index (χ4v) is 5.56. The molecule has 5 rings (SSSR count). The molecule has 3 N–H and O–H groups in total. The minimum atomic E-state index is -3.80. The molecule has 0 aliphatic carbocycles. The summed E-state index contributed by atoms with van der Waals surface area (Å²) in [4.78, 5) is 9.22. The van der Waals surface area contributed by atoms with E-state index in [4.69, 9.17) is 19.0 Å². The SMILES string of the molecule is NS(=O)(=O)c1ccc(-c2oc(/C=C\COCc3csc(C4(O)CCOCC4)n3)nc2-c2ccccc2)cc1. The average molecular weight is 554 g/mol. The zero-order chi connectivity index (χ0) is 26.6. The molecular formula is C27H27N3O6S2. The highest BCUT2D eigenvalue weighted by atomic mass is 32.2. The monoisotopic (exact) mass is 553 g/mol. The zero-order valence-corrected chi connectivity index (χ0v) is 22.1. The fraction of sp³-hybridized carbons (Fsp3) is 0.259. The number of rotatable bonds is 9. The molecule has 0 amide bonds. The third kappa shape index (κ3) is 6.09. The topological polar surface area (TPSA) is 138 Å². The molecule has 3 heterocycles. The summed E-state index contributed by atoms with van der Waals surface area (Å²) in [7, 11) is -3.80. The Morgan fingerprint density at radius 2 is 1.79 bits per heavy atom. The van der Waals surface area contributed by atoms with Crippen LogP contribution in [0.25, 0.3) is 28.7 Å². The molecule has 9 nitrogen and oxygen atoms in total. The van der Waals surface area contributed by atoms with E-state index in [0.717, 1.165) is 11.3 Å². The molecular weight excluding hydrogens is 526 g/mol. The van der Waals surface area contributed by atoms with E-state index in [0.29, 0.717) is 67.2 Å². The molecule has 4 aromatic rings. The molecule has 2 aromatic heterocycles. The molecule has 0 saturated carbocycles. The third-order valence-corrected chi connectivity index (χ3v) is 8.14. The van der Waals surface area contributed by atoms with Crippen LogP contribution in [0.15, 0.2) is 75.4 Å². The van der Waals surface area contributed by atoms with Crippen molar-refractivity contribution in [2.45, 2.75) is 29.9 Å². The molecule has 0 unspecified atom stereocenters. The van der Waals surface area contributed by atoms with E-state index in [1.165, 1.54) is 23.5 Å². The Bertz CT molecular complexity index is 1510. The second-order valence-electron chi connectivity index (χ2n) is 8.87. The Hall–Kier alpha value is -3.19. The number of sulfonamides is 1. The maximum atomic E-state index is 11.6. The van der Waals surface area contributed by atoms with Gasteiger partial charge in [0, 0.05) is 42.6 Å². The van der Waals surface area contributed by atoms with Crippen LogP contribution < -0.4 is 5.14 Å². The standard InChI is InChI=1S/C27H27N3O6S2/c28-38(32,33)22-10-8-20(9-11-22)25-24(19-5-2-1-3-6-19)30-23(36-25)7-4-14-35-17-21-18-37-26(29-21)27(31)12-15-34-16-13-27/h1-11,18,31H,12-17H2,(H2,28,32,33)/b7-4-. The third-order valence-electron chi connectivity index (χ3n) is 6.13. The number of ether oxygens (including phenoxy) is 2. The lowest BCUT2D eigenvalue weighted by Crippen LogP contribution is -2.33. The summed E-state index contributed by atoms with van der Waals surface area (Å²) in [5.41, 5.74) is 2.02. The molecule has 38 heavy (non-hydrogen) atoms. The van der Waals surface area contributed by atoms with Gasteiger partial charge in [-0.1, -0.05) is 36.4 Å². The number of aromatic nitrogens is 2. The zero-order valence-electron chi connectivity index (χ0n) is 20.4. The number of aliphatic hydroxyl groups is 1. The van der Waals surface area contributed by atoms with Crippen molar-refractivity contribution < 1.29 is 27.4 Å². The molecule has 11 heteroatoms. The maximum absolute atomic E-state index is 11.6. The Labute approximate surface area is 224 Å². The molecule has 0 atom stereocenters. The van der Waals surface area contributed by atoms with Crippen molar-refractivity contribution in [3.05, 3.63) is 82.6 Å². The van der Waals surface area contributed by atoms with Crippen LogP contribution in [-0.4, -0.2) is 43.3 Å². The maximum Gasteiger partial charge on any atom is 0.238 e. The van der Waals surface area contributed by atoms with Crippen LogP contribution in [0.1, 0.15) is 29.4 Å². The number of oxazole rings is 1. The predicted octanol–water partition coefficient (Wildman–Crippen LogP) is 4.34. The van der Waals surface area contributed by atoms with Gasteiger partial charge in [-0.2, -0.15) is 0 Å². The Morgan fingerprint density at radius 3 is 2.50 bits per heavy atom. The van der Waals surface area contributed by atoms with Crippen LogP contribution in [-0.2, 0) is 31.7 Å². The van der Waals surface area contributed by atoms with E-state index >= 15 is 0 Å². The van der Waals surface area contributed by atoms with Crippen LogP contribution in [0.5, 0.6) is 0 Å². The normalized spacial score (nSPS) is 15.7. The lowest BCUT2D eigenvalue weighted by Gasteiger charge is -2.29. The van der Waals surface area contributed by atoms with Gasteiger partial charge in [0.25, 0.3) is 0 Å². The van der Waals surface area contributed by atoms with Gasteiger partial charge in [-0.15, -0.1) is 11.3 Å². The lowest BCUT2D eigenvalue weighted by atomic mass is 9.95. The van der Waals surface area contributed by atoms with Crippen LogP contribution in [0.3, 0.4) is 0 Å². The molecule has 1 fully saturated rings. The van der Waals surface area contributed by atoms with Gasteiger partial charge in [0.15, 0.2) is 5.76 Å². The van der Waals surface area contributed by atoms with Gasteiger partial charge < -0.3 is 19.0 Å². The summed E-state index contributed by atoms with van der Waals surface area (Å²) < 4.78 is 40.4. The number of benzene rings is 2. The van der Waals surface area contributed by atoms with Gasteiger partial charge in [-0.05, 0) is 30.3 Å². The number of nitrogens with two attached hydrogens (primary N) is 1. The summed E-state index contributed by atoms with van der Waals surface area (Å²) >= 11 is 1.44. The molecule has 198 valence electrons. The second-order valence-corrected chi connectivity index (χ2v) is 11.3. The number of hydrogen-bond donors (Lipinski definition) is 2. The summed E-state index contributed by atoms with van der Waals surface area (Å²) in [5.74, 6) is 0.898. The first kappa shape index (κ1) is 26.4. The van der Waals surface area contributed by atoms with E-state index in [-0.39, 0.29) is 4.90 Å². The van der Waals surface area contributed by atoms with Crippen molar-refractivity contribution in [2.24, 2.45) is 5.14 Å². The largest absolute Gasteiger partial charge is 0.436 e. The summed E-state index contributed by atoms with van der Waals surface area (Å²) in [5, 5.41) is 18.6. The minimum absolute atomic E-state index is 0.0217. The summed E-state index contributed by atoms with van der Waals surface area (Å²) in [6, 6.07) is 15.7. The first-order valence-electron chi connectivity index (χ1n) is 12.0. The average Bonchev–Trinajstić information content (AvgIpc) is 3.57. The molecule has 2 aromatic carbocycles. The smallest absolute Gasteiger partial charge is 0.238 e. The van der Waals surface area contributed by atoms with Gasteiger partial charge in [0.05, 0.1) is 23.8 Å². The lowest BCUT2D eigenvalue weighted by molar-refractivity contribution is -0.0681. The quantitative estimate of drug-likeness (QED) is 0.292. The molecule has 0 bridgehead atoms. The number of thiazole rings is 1. The van der Waals surface area contributed by atoms with Crippen molar-refractivity contribution in [1.82, 2.24) is 9.97 Å². The highest BCUT2D eigenvalue weighted by Gasteiger charge is 2.34. The molecule has 0 spiro atoms. The van der Waals surface area contributed by atoms with Crippen molar-refractivity contribution in [1.29, 1.82) is 0 Å². The van der Waals surface area contributed by atoms with Crippen molar-refractivity contribution >= 4 is 27.4 Å². The Kier molecular flexibility index (Phi) is 7.84. The van der Waals surface area contributed by atoms with E-state index in [9.17, 15) is 13.5 Å². The van der Waals surface area contributed by atoms with Crippen LogP contribution in [0, 0.1) is 0 Å². The Balaban J connectivity index is 1.27. The second kappa shape index (κ2) is 11.3. The highest BCUT2D eigenvalue weighted by Crippen LogP contribution is 2.35. The number of hydrogen-bond acceptors (Lipinski definition) is 9. The van der Waals surface area contributed by atoms with Gasteiger partial charge in [0.1, 0.15) is 16.3 Å².